The van der Waals surface area contributed by atoms with Gasteiger partial charge in [0.1, 0.15) is 0 Å². The van der Waals surface area contributed by atoms with Gasteiger partial charge in [-0.25, -0.2) is 0 Å². The van der Waals surface area contributed by atoms with Crippen LogP contribution in [0.3, 0.4) is 0 Å². The Hall–Kier alpha value is -1.50. The molecule has 118 valence electrons. The number of nitrogens with two attached hydrogens (primary N) is 1. The van der Waals surface area contributed by atoms with Crippen LogP contribution in [-0.4, -0.2) is 0 Å². The Morgan fingerprint density at radius 1 is 0.950 bits per heavy atom. The van der Waals surface area contributed by atoms with Gasteiger partial charge >= 0.3 is 0 Å². The van der Waals surface area contributed by atoms with E-state index in [1.54, 1.807) is 0 Å². The third kappa shape index (κ3) is 18.9. The van der Waals surface area contributed by atoms with E-state index in [-0.39, 0.29) is 0 Å². The minimum absolute atomic E-state index is 0.368. The Morgan fingerprint density at radius 3 is 1.60 bits per heavy atom. The van der Waals surface area contributed by atoms with Gasteiger partial charge in [0.15, 0.2) is 0 Å². The second-order valence-corrected chi connectivity index (χ2v) is 3.17. The molecule has 1 aromatic carbocycles. The van der Waals surface area contributed by atoms with E-state index in [4.69, 9.17) is 5.73 Å². The van der Waals surface area contributed by atoms with Crippen molar-refractivity contribution < 1.29 is 0 Å². The minimum Gasteiger partial charge on any atom is -0.402 e. The molecule has 0 aliphatic carbocycles. The molecule has 0 aliphatic rings. The van der Waals surface area contributed by atoms with E-state index in [2.05, 4.69) is 38.8 Å². The average Bonchev–Trinajstić information content (AvgIpc) is 2.56. The van der Waals surface area contributed by atoms with Crippen LogP contribution >= 0.6 is 0 Å². The van der Waals surface area contributed by atoms with Crippen LogP contribution < -0.4 is 5.73 Å². The molecule has 0 bridgehead atoms. The Kier molecular flexibility index (Phi) is 35.2. The molecule has 20 heavy (non-hydrogen) atoms. The molecule has 1 aromatic rings. The zero-order valence-electron chi connectivity index (χ0n) is 14.9. The largest absolute Gasteiger partial charge is 0.402 e. The van der Waals surface area contributed by atoms with E-state index in [1.165, 1.54) is 5.56 Å². The van der Waals surface area contributed by atoms with Gasteiger partial charge in [-0.2, -0.15) is 0 Å². The normalized spacial score (nSPS) is 8.55. The SMILES string of the molecule is C=C.C=C(N)C(C)Cc1ccccc1.CC.CC.CC. The first-order chi connectivity index (χ1) is 9.70. The van der Waals surface area contributed by atoms with Gasteiger partial charge in [-0.1, -0.05) is 85.4 Å². The molecule has 1 heteroatoms. The molecule has 0 saturated carbocycles. The molecular formula is C19H37N. The van der Waals surface area contributed by atoms with Gasteiger partial charge in [-0.05, 0) is 17.9 Å². The van der Waals surface area contributed by atoms with Gasteiger partial charge in [0, 0.05) is 5.70 Å². The number of benzene rings is 1. The van der Waals surface area contributed by atoms with Crippen LogP contribution in [0.15, 0.2) is 55.8 Å². The highest BCUT2D eigenvalue weighted by Crippen LogP contribution is 2.11. The lowest BCUT2D eigenvalue weighted by molar-refractivity contribution is 0.672. The number of hydrogen-bond acceptors (Lipinski definition) is 1. The van der Waals surface area contributed by atoms with Crippen LogP contribution in [0.2, 0.25) is 0 Å². The Bertz CT molecular complexity index is 264. The Morgan fingerprint density at radius 2 is 1.30 bits per heavy atom. The van der Waals surface area contributed by atoms with Crippen LogP contribution in [-0.2, 0) is 6.42 Å². The van der Waals surface area contributed by atoms with Crippen LogP contribution in [0.4, 0.5) is 0 Å². The van der Waals surface area contributed by atoms with Crippen molar-refractivity contribution >= 4 is 0 Å². The molecule has 2 N–H and O–H groups in total. The van der Waals surface area contributed by atoms with Gasteiger partial charge in [-0.15, -0.1) is 13.2 Å². The van der Waals surface area contributed by atoms with E-state index in [1.807, 2.05) is 59.7 Å². The van der Waals surface area contributed by atoms with Crippen molar-refractivity contribution in [2.24, 2.45) is 11.7 Å². The second kappa shape index (κ2) is 26.1. The van der Waals surface area contributed by atoms with Crippen LogP contribution in [0.1, 0.15) is 54.0 Å². The number of rotatable bonds is 3. The highest BCUT2D eigenvalue weighted by atomic mass is 14.6. The molecule has 1 unspecified atom stereocenters. The molecule has 1 nitrogen and oxygen atoms in total. The van der Waals surface area contributed by atoms with Gasteiger partial charge in [0.25, 0.3) is 0 Å². The lowest BCUT2D eigenvalue weighted by Crippen LogP contribution is -2.09. The van der Waals surface area contributed by atoms with E-state index in [0.717, 1.165) is 12.1 Å². The maximum atomic E-state index is 5.59. The summed E-state index contributed by atoms with van der Waals surface area (Å²) in [5.41, 5.74) is 7.67. The lowest BCUT2D eigenvalue weighted by Gasteiger charge is -2.09. The number of allylic oxidation sites excluding steroid dienone is 1. The van der Waals surface area contributed by atoms with Crippen molar-refractivity contribution in [3.8, 4) is 0 Å². The Labute approximate surface area is 128 Å². The van der Waals surface area contributed by atoms with Crippen molar-refractivity contribution in [3.05, 3.63) is 61.3 Å². The van der Waals surface area contributed by atoms with Gasteiger partial charge in [-0.3, -0.25) is 0 Å². The summed E-state index contributed by atoms with van der Waals surface area (Å²) >= 11 is 0. The van der Waals surface area contributed by atoms with E-state index < -0.39 is 0 Å². The molecule has 0 fully saturated rings. The molecule has 0 radical (unpaired) electrons. The maximum absolute atomic E-state index is 5.59. The summed E-state index contributed by atoms with van der Waals surface area (Å²) in [7, 11) is 0. The summed E-state index contributed by atoms with van der Waals surface area (Å²) < 4.78 is 0. The summed E-state index contributed by atoms with van der Waals surface area (Å²) in [5.74, 6) is 0.368. The van der Waals surface area contributed by atoms with Crippen molar-refractivity contribution in [2.75, 3.05) is 0 Å². The first-order valence-electron chi connectivity index (χ1n) is 7.68. The van der Waals surface area contributed by atoms with Crippen LogP contribution in [0, 0.1) is 5.92 Å². The zero-order valence-corrected chi connectivity index (χ0v) is 14.9. The minimum atomic E-state index is 0.368. The van der Waals surface area contributed by atoms with E-state index in [0.29, 0.717) is 5.92 Å². The summed E-state index contributed by atoms with van der Waals surface area (Å²) in [6.07, 6.45) is 0.982. The standard InChI is InChI=1S/C11H15N.3C2H6.C2H4/c1-9(10(2)12)8-11-6-4-3-5-7-11;4*1-2/h3-7,9H,2,8,12H2,1H3;3*1-2H3;1-2H2. The third-order valence-corrected chi connectivity index (χ3v) is 2.02. The fourth-order valence-electron chi connectivity index (χ4n) is 1.10. The van der Waals surface area contributed by atoms with Crippen molar-refractivity contribution in [1.29, 1.82) is 0 Å². The quantitative estimate of drug-likeness (QED) is 0.653. The predicted octanol–water partition coefficient (Wildman–Crippen LogP) is 6.22. The van der Waals surface area contributed by atoms with Gasteiger partial charge < -0.3 is 5.73 Å². The second-order valence-electron chi connectivity index (χ2n) is 3.17. The average molecular weight is 280 g/mol. The van der Waals surface area contributed by atoms with E-state index in [9.17, 15) is 0 Å². The number of hydrogen-bond donors (Lipinski definition) is 1. The summed E-state index contributed by atoms with van der Waals surface area (Å²) in [6, 6.07) is 10.3. The van der Waals surface area contributed by atoms with E-state index >= 15 is 0 Å². The monoisotopic (exact) mass is 279 g/mol. The maximum Gasteiger partial charge on any atom is 0.00395 e. The summed E-state index contributed by atoms with van der Waals surface area (Å²) in [5, 5.41) is 0. The van der Waals surface area contributed by atoms with Crippen molar-refractivity contribution in [2.45, 2.75) is 54.9 Å². The smallest absolute Gasteiger partial charge is 0.00395 e. The van der Waals surface area contributed by atoms with Crippen LogP contribution in [0.25, 0.3) is 0 Å². The molecule has 1 rings (SSSR count). The first kappa shape index (κ1) is 26.9. The molecule has 0 saturated heterocycles. The zero-order chi connectivity index (χ0) is 17.0. The van der Waals surface area contributed by atoms with Gasteiger partial charge in [0.2, 0.25) is 0 Å². The molecular weight excluding hydrogens is 242 g/mol. The summed E-state index contributed by atoms with van der Waals surface area (Å²) in [6.45, 7) is 23.8. The fourth-order valence-corrected chi connectivity index (χ4v) is 1.10. The van der Waals surface area contributed by atoms with Gasteiger partial charge in [0.05, 0.1) is 0 Å². The fraction of sp³-hybridized carbons (Fsp3) is 0.474. The third-order valence-electron chi connectivity index (χ3n) is 2.02. The topological polar surface area (TPSA) is 26.0 Å². The molecule has 0 heterocycles. The first-order valence-corrected chi connectivity index (χ1v) is 7.68. The molecule has 0 spiro atoms. The molecule has 1 atom stereocenters. The van der Waals surface area contributed by atoms with Crippen molar-refractivity contribution in [3.63, 3.8) is 0 Å². The molecule has 0 aromatic heterocycles. The molecule has 0 aliphatic heterocycles. The molecule has 0 amide bonds. The van der Waals surface area contributed by atoms with Crippen LogP contribution in [0.5, 0.6) is 0 Å². The Balaban J connectivity index is -0.000000138. The highest BCUT2D eigenvalue weighted by molar-refractivity contribution is 5.16. The highest BCUT2D eigenvalue weighted by Gasteiger charge is 2.03. The van der Waals surface area contributed by atoms with Crippen molar-refractivity contribution in [1.82, 2.24) is 0 Å². The predicted molar refractivity (Wildman–Crippen MR) is 97.9 cm³/mol. The summed E-state index contributed by atoms with van der Waals surface area (Å²) in [4.78, 5) is 0. The lowest BCUT2D eigenvalue weighted by atomic mass is 9.99.